The van der Waals surface area contributed by atoms with E-state index in [2.05, 4.69) is 67.4 Å². The van der Waals surface area contributed by atoms with Crippen LogP contribution >= 0.6 is 0 Å². The lowest BCUT2D eigenvalue weighted by molar-refractivity contribution is 0.0169. The van der Waals surface area contributed by atoms with Gasteiger partial charge in [-0.15, -0.1) is 0 Å². The molecule has 0 amide bonds. The van der Waals surface area contributed by atoms with E-state index in [1.54, 1.807) is 14.2 Å². The van der Waals surface area contributed by atoms with Gasteiger partial charge in [0.1, 0.15) is 0 Å². The van der Waals surface area contributed by atoms with Crippen molar-refractivity contribution in [2.24, 2.45) is 4.99 Å². The Morgan fingerprint density at radius 2 is 1.84 bits per heavy atom. The first-order chi connectivity index (χ1) is 14.8. The van der Waals surface area contributed by atoms with Gasteiger partial charge in [-0.05, 0) is 52.6 Å². The maximum atomic E-state index is 5.58. The summed E-state index contributed by atoms with van der Waals surface area (Å²) in [6, 6.07) is 6.32. The first kappa shape index (κ1) is 25.2. The number of methoxy groups -OCH3 is 2. The number of benzene rings is 1. The number of rotatable bonds is 10. The van der Waals surface area contributed by atoms with Gasteiger partial charge in [-0.25, -0.2) is 0 Å². The molecule has 0 saturated carbocycles. The van der Waals surface area contributed by atoms with Crippen molar-refractivity contribution in [2.75, 3.05) is 74.3 Å². The molecule has 1 unspecified atom stereocenters. The first-order valence-electron chi connectivity index (χ1n) is 11.1. The van der Waals surface area contributed by atoms with Gasteiger partial charge in [-0.2, -0.15) is 0 Å². The van der Waals surface area contributed by atoms with Crippen LogP contribution in [-0.2, 0) is 4.74 Å². The number of nitrogens with zero attached hydrogens (tertiary/aromatic N) is 3. The molecule has 1 heterocycles. The van der Waals surface area contributed by atoms with E-state index in [0.29, 0.717) is 6.54 Å². The van der Waals surface area contributed by atoms with Crippen LogP contribution < -0.4 is 20.1 Å². The number of ether oxygens (including phenoxy) is 3. The molecule has 0 spiro atoms. The van der Waals surface area contributed by atoms with Gasteiger partial charge in [0.25, 0.3) is 0 Å². The number of nitrogens with one attached hydrogen (secondary N) is 2. The minimum atomic E-state index is -0.0185. The Morgan fingerprint density at radius 1 is 1.16 bits per heavy atom. The van der Waals surface area contributed by atoms with Crippen LogP contribution in [0.2, 0.25) is 0 Å². The molecule has 1 aliphatic heterocycles. The maximum Gasteiger partial charge on any atom is 0.191 e. The lowest BCUT2D eigenvalue weighted by atomic mass is 10.0. The van der Waals surface area contributed by atoms with Crippen molar-refractivity contribution in [1.82, 2.24) is 20.4 Å². The average Bonchev–Trinajstić information content (AvgIpc) is 2.77. The van der Waals surface area contributed by atoms with Crippen molar-refractivity contribution in [1.29, 1.82) is 0 Å². The van der Waals surface area contributed by atoms with E-state index in [1.807, 2.05) is 6.07 Å². The predicted octanol–water partition coefficient (Wildman–Crippen LogP) is 1.97. The van der Waals surface area contributed by atoms with Gasteiger partial charge in [0.05, 0.1) is 40.0 Å². The second-order valence-corrected chi connectivity index (χ2v) is 8.56. The van der Waals surface area contributed by atoms with Crippen molar-refractivity contribution in [3.8, 4) is 11.5 Å². The van der Waals surface area contributed by atoms with Crippen molar-refractivity contribution >= 4 is 5.96 Å². The van der Waals surface area contributed by atoms with Gasteiger partial charge in [-0.1, -0.05) is 6.07 Å². The van der Waals surface area contributed by atoms with Gasteiger partial charge < -0.3 is 29.7 Å². The fraction of sp³-hybridized carbons (Fsp3) is 0.696. The highest BCUT2D eigenvalue weighted by molar-refractivity contribution is 5.79. The summed E-state index contributed by atoms with van der Waals surface area (Å²) in [5.74, 6) is 2.31. The van der Waals surface area contributed by atoms with E-state index in [-0.39, 0.29) is 11.6 Å². The van der Waals surface area contributed by atoms with Crippen molar-refractivity contribution in [3.05, 3.63) is 23.8 Å². The number of hydrogen-bond donors (Lipinski definition) is 2. The summed E-state index contributed by atoms with van der Waals surface area (Å²) in [5.41, 5.74) is 1.16. The third-order valence-electron chi connectivity index (χ3n) is 5.92. The Bertz CT molecular complexity index is 702. The quantitative estimate of drug-likeness (QED) is 0.430. The molecule has 31 heavy (non-hydrogen) atoms. The molecule has 1 atom stereocenters. The molecule has 0 aliphatic carbocycles. The molecule has 8 nitrogen and oxygen atoms in total. The third-order valence-corrected chi connectivity index (χ3v) is 5.92. The van der Waals surface area contributed by atoms with Crippen LogP contribution in [0, 0.1) is 0 Å². The predicted molar refractivity (Wildman–Crippen MR) is 126 cm³/mol. The van der Waals surface area contributed by atoms with Crippen LogP contribution in [-0.4, -0.2) is 95.6 Å². The topological polar surface area (TPSA) is 70.6 Å². The maximum absolute atomic E-state index is 5.58. The number of morpholine rings is 1. The Kier molecular flexibility index (Phi) is 9.87. The average molecular weight is 436 g/mol. The molecule has 0 aromatic heterocycles. The van der Waals surface area contributed by atoms with E-state index in [9.17, 15) is 0 Å². The van der Waals surface area contributed by atoms with Crippen molar-refractivity contribution < 1.29 is 14.2 Å². The molecule has 1 aliphatic rings. The summed E-state index contributed by atoms with van der Waals surface area (Å²) in [4.78, 5) is 9.49. The smallest absolute Gasteiger partial charge is 0.191 e. The van der Waals surface area contributed by atoms with Crippen LogP contribution in [0.25, 0.3) is 0 Å². The van der Waals surface area contributed by atoms with E-state index in [4.69, 9.17) is 19.2 Å². The summed E-state index contributed by atoms with van der Waals surface area (Å²) in [5, 5.41) is 6.94. The number of likely N-dealkylation sites (N-methyl/N-ethyl adjacent to an activating group) is 1. The highest BCUT2D eigenvalue weighted by atomic mass is 16.5. The molecular formula is C23H41N5O3. The van der Waals surface area contributed by atoms with Gasteiger partial charge in [0.2, 0.25) is 0 Å². The largest absolute Gasteiger partial charge is 0.493 e. The molecule has 1 aromatic carbocycles. The van der Waals surface area contributed by atoms with E-state index in [1.165, 1.54) is 5.56 Å². The van der Waals surface area contributed by atoms with E-state index >= 15 is 0 Å². The minimum Gasteiger partial charge on any atom is -0.493 e. The highest BCUT2D eigenvalue weighted by Crippen LogP contribution is 2.32. The number of guanidine groups is 1. The standard InChI is InChI=1S/C23H41N5O3/c1-8-24-22(26-17-23(2,3)27(4)5)25-16-19(28-11-13-31-14-12-28)18-9-10-20(29-6)21(15-18)30-7/h9-10,15,19H,8,11-14,16-17H2,1-7H3,(H2,24,25,26). The van der Waals surface area contributed by atoms with Crippen molar-refractivity contribution in [2.45, 2.75) is 32.4 Å². The first-order valence-corrected chi connectivity index (χ1v) is 11.1. The monoisotopic (exact) mass is 435 g/mol. The normalized spacial score (nSPS) is 16.8. The molecule has 2 rings (SSSR count). The molecule has 176 valence electrons. The molecular weight excluding hydrogens is 394 g/mol. The molecule has 1 fully saturated rings. The van der Waals surface area contributed by atoms with Gasteiger partial charge in [0.15, 0.2) is 17.5 Å². The number of aliphatic imine (C=N–C) groups is 1. The van der Waals surface area contributed by atoms with Gasteiger partial charge in [-0.3, -0.25) is 9.89 Å². The lowest BCUT2D eigenvalue weighted by Crippen LogP contribution is -2.47. The van der Waals surface area contributed by atoms with Gasteiger partial charge in [0, 0.05) is 31.7 Å². The summed E-state index contributed by atoms with van der Waals surface area (Å²) >= 11 is 0. The summed E-state index contributed by atoms with van der Waals surface area (Å²) in [6.45, 7) is 12.0. The van der Waals surface area contributed by atoms with Crippen LogP contribution in [0.1, 0.15) is 32.4 Å². The second kappa shape index (κ2) is 12.1. The Morgan fingerprint density at radius 3 is 2.42 bits per heavy atom. The second-order valence-electron chi connectivity index (χ2n) is 8.56. The van der Waals surface area contributed by atoms with Crippen molar-refractivity contribution in [3.63, 3.8) is 0 Å². The molecule has 1 aromatic rings. The Labute approximate surface area is 187 Å². The SMILES string of the molecule is CCNC(=NCC(C)(C)N(C)C)NCC(c1ccc(OC)c(OC)c1)N1CCOCC1. The van der Waals surface area contributed by atoms with Crippen LogP contribution in [0.3, 0.4) is 0 Å². The van der Waals surface area contributed by atoms with Gasteiger partial charge >= 0.3 is 0 Å². The van der Waals surface area contributed by atoms with E-state index < -0.39 is 0 Å². The molecule has 0 bridgehead atoms. The molecule has 8 heteroatoms. The lowest BCUT2D eigenvalue weighted by Gasteiger charge is -2.35. The zero-order valence-corrected chi connectivity index (χ0v) is 20.3. The number of hydrogen-bond acceptors (Lipinski definition) is 6. The molecule has 0 radical (unpaired) electrons. The zero-order chi connectivity index (χ0) is 22.9. The summed E-state index contributed by atoms with van der Waals surface area (Å²) < 4.78 is 16.6. The van der Waals surface area contributed by atoms with Crippen LogP contribution in [0.4, 0.5) is 0 Å². The summed E-state index contributed by atoms with van der Waals surface area (Å²) in [6.07, 6.45) is 0. The molecule has 2 N–H and O–H groups in total. The highest BCUT2D eigenvalue weighted by Gasteiger charge is 2.25. The van der Waals surface area contributed by atoms with E-state index in [0.717, 1.165) is 56.9 Å². The fourth-order valence-corrected chi connectivity index (χ4v) is 3.36. The minimum absolute atomic E-state index is 0.0185. The Hall–Kier alpha value is -2.03. The Balaban J connectivity index is 2.22. The zero-order valence-electron chi connectivity index (χ0n) is 20.3. The third kappa shape index (κ3) is 7.26. The van der Waals surface area contributed by atoms with Crippen LogP contribution in [0.15, 0.2) is 23.2 Å². The summed E-state index contributed by atoms with van der Waals surface area (Å²) in [7, 11) is 7.50. The van der Waals surface area contributed by atoms with Crippen LogP contribution in [0.5, 0.6) is 11.5 Å². The molecule has 1 saturated heterocycles. The fourth-order valence-electron chi connectivity index (χ4n) is 3.36.